The molecule has 96 valence electrons. The third-order valence-electron chi connectivity index (χ3n) is 2.94. The highest BCUT2D eigenvalue weighted by Crippen LogP contribution is 2.27. The van der Waals surface area contributed by atoms with Crippen LogP contribution in [0.2, 0.25) is 0 Å². The maximum Gasteiger partial charge on any atom is 0.405 e. The molecule has 0 heterocycles. The van der Waals surface area contributed by atoms with Gasteiger partial charge in [0.05, 0.1) is 0 Å². The van der Waals surface area contributed by atoms with Crippen molar-refractivity contribution in [3.63, 3.8) is 0 Å². The molecule has 0 spiro atoms. The van der Waals surface area contributed by atoms with Gasteiger partial charge in [0.1, 0.15) is 5.54 Å². The fraction of sp³-hybridized carbons (Fsp3) is 0.0667. The summed E-state index contributed by atoms with van der Waals surface area (Å²) in [5.74, 6) is 0. The molecule has 0 saturated carbocycles. The molecule has 0 aliphatic rings. The van der Waals surface area contributed by atoms with Crippen molar-refractivity contribution in [1.29, 1.82) is 0 Å². The Kier molecular flexibility index (Phi) is 3.61. The maximum absolute atomic E-state index is 11.6. The van der Waals surface area contributed by atoms with Gasteiger partial charge in [-0.1, -0.05) is 60.7 Å². The molecule has 4 nitrogen and oxygen atoms in total. The molecular weight excluding hydrogens is 242 g/mol. The van der Waals surface area contributed by atoms with Gasteiger partial charge in [0.15, 0.2) is 6.29 Å². The molecule has 0 saturated heterocycles. The standard InChI is InChI=1S/C15H13NO3/c17-11-15(16-14(18)19,12-7-3-1-4-8-12)13-9-5-2-6-10-13/h1-11,16H,(H,18,19). The predicted molar refractivity (Wildman–Crippen MR) is 70.9 cm³/mol. The fourth-order valence-corrected chi connectivity index (χ4v) is 2.05. The van der Waals surface area contributed by atoms with Crippen LogP contribution in [-0.4, -0.2) is 17.5 Å². The molecule has 0 aliphatic carbocycles. The molecule has 2 rings (SSSR count). The zero-order chi connectivity index (χ0) is 13.7. The summed E-state index contributed by atoms with van der Waals surface area (Å²) in [7, 11) is 0. The van der Waals surface area contributed by atoms with Crippen molar-refractivity contribution >= 4 is 12.4 Å². The van der Waals surface area contributed by atoms with Crippen LogP contribution < -0.4 is 5.32 Å². The summed E-state index contributed by atoms with van der Waals surface area (Å²) in [6, 6.07) is 17.6. The van der Waals surface area contributed by atoms with Crippen LogP contribution in [0.5, 0.6) is 0 Å². The van der Waals surface area contributed by atoms with Gasteiger partial charge in [-0.2, -0.15) is 0 Å². The molecule has 4 heteroatoms. The first kappa shape index (κ1) is 12.8. The molecule has 0 aromatic heterocycles. The molecule has 0 bridgehead atoms. The SMILES string of the molecule is O=CC(NC(=O)O)(c1ccccc1)c1ccccc1. The molecule has 2 aromatic carbocycles. The van der Waals surface area contributed by atoms with Crippen molar-refractivity contribution < 1.29 is 14.7 Å². The molecule has 2 N–H and O–H groups in total. The molecule has 0 aliphatic heterocycles. The van der Waals surface area contributed by atoms with Crippen LogP contribution in [0, 0.1) is 0 Å². The van der Waals surface area contributed by atoms with Gasteiger partial charge in [-0.05, 0) is 11.1 Å². The Morgan fingerprint density at radius 2 is 1.37 bits per heavy atom. The van der Waals surface area contributed by atoms with E-state index in [1.807, 2.05) is 12.1 Å². The van der Waals surface area contributed by atoms with Gasteiger partial charge in [-0.25, -0.2) is 4.79 Å². The first-order chi connectivity index (χ1) is 9.19. The minimum absolute atomic E-state index is 0.582. The Morgan fingerprint density at radius 1 is 0.947 bits per heavy atom. The van der Waals surface area contributed by atoms with Crippen LogP contribution >= 0.6 is 0 Å². The summed E-state index contributed by atoms with van der Waals surface area (Å²) < 4.78 is 0. The lowest BCUT2D eigenvalue weighted by molar-refractivity contribution is -0.112. The summed E-state index contributed by atoms with van der Waals surface area (Å²) in [6.07, 6.45) is -0.633. The number of aldehydes is 1. The lowest BCUT2D eigenvalue weighted by atomic mass is 9.84. The topological polar surface area (TPSA) is 66.4 Å². The average molecular weight is 255 g/mol. The molecular formula is C15H13NO3. The van der Waals surface area contributed by atoms with Gasteiger partial charge in [0, 0.05) is 0 Å². The van der Waals surface area contributed by atoms with Crippen LogP contribution in [0.4, 0.5) is 4.79 Å². The van der Waals surface area contributed by atoms with Crippen molar-refractivity contribution in [1.82, 2.24) is 5.32 Å². The second kappa shape index (κ2) is 5.35. The van der Waals surface area contributed by atoms with Gasteiger partial charge in [0.2, 0.25) is 0 Å². The first-order valence-electron chi connectivity index (χ1n) is 5.77. The minimum atomic E-state index is -1.38. The van der Waals surface area contributed by atoms with E-state index in [0.29, 0.717) is 17.4 Å². The van der Waals surface area contributed by atoms with E-state index in [1.165, 1.54) is 0 Å². The maximum atomic E-state index is 11.6. The number of hydrogen-bond acceptors (Lipinski definition) is 2. The van der Waals surface area contributed by atoms with Crippen molar-refractivity contribution in [3.05, 3.63) is 71.8 Å². The zero-order valence-corrected chi connectivity index (χ0v) is 10.1. The Morgan fingerprint density at radius 3 is 1.68 bits per heavy atom. The van der Waals surface area contributed by atoms with Crippen LogP contribution in [0.15, 0.2) is 60.7 Å². The van der Waals surface area contributed by atoms with Gasteiger partial charge in [-0.15, -0.1) is 0 Å². The van der Waals surface area contributed by atoms with Crippen LogP contribution in [0.3, 0.4) is 0 Å². The monoisotopic (exact) mass is 255 g/mol. The van der Waals surface area contributed by atoms with Crippen molar-refractivity contribution in [3.8, 4) is 0 Å². The minimum Gasteiger partial charge on any atom is -0.465 e. The molecule has 0 atom stereocenters. The Labute approximate surface area is 110 Å². The summed E-state index contributed by atoms with van der Waals surface area (Å²) >= 11 is 0. The number of carbonyl (C=O) groups excluding carboxylic acids is 1. The molecule has 2 aromatic rings. The van der Waals surface area contributed by atoms with Gasteiger partial charge < -0.3 is 10.4 Å². The van der Waals surface area contributed by atoms with E-state index in [2.05, 4.69) is 5.32 Å². The van der Waals surface area contributed by atoms with Crippen LogP contribution in [-0.2, 0) is 10.3 Å². The normalized spacial score (nSPS) is 10.7. The van der Waals surface area contributed by atoms with E-state index in [-0.39, 0.29) is 0 Å². The number of rotatable bonds is 4. The summed E-state index contributed by atoms with van der Waals surface area (Å²) in [4.78, 5) is 22.7. The first-order valence-corrected chi connectivity index (χ1v) is 5.77. The zero-order valence-electron chi connectivity index (χ0n) is 10.1. The van der Waals surface area contributed by atoms with Crippen molar-refractivity contribution in [2.45, 2.75) is 5.54 Å². The van der Waals surface area contributed by atoms with Gasteiger partial charge >= 0.3 is 6.09 Å². The van der Waals surface area contributed by atoms with Gasteiger partial charge in [-0.3, -0.25) is 4.79 Å². The van der Waals surface area contributed by atoms with Crippen LogP contribution in [0.1, 0.15) is 11.1 Å². The van der Waals surface area contributed by atoms with E-state index in [0.717, 1.165) is 0 Å². The molecule has 0 radical (unpaired) electrons. The number of amides is 1. The molecule has 19 heavy (non-hydrogen) atoms. The van der Waals surface area contributed by atoms with Crippen molar-refractivity contribution in [2.24, 2.45) is 0 Å². The molecule has 1 amide bonds. The Balaban J connectivity index is 2.61. The highest BCUT2D eigenvalue weighted by Gasteiger charge is 2.35. The lowest BCUT2D eigenvalue weighted by Crippen LogP contribution is -2.47. The fourth-order valence-electron chi connectivity index (χ4n) is 2.05. The van der Waals surface area contributed by atoms with Crippen LogP contribution in [0.25, 0.3) is 0 Å². The quantitative estimate of drug-likeness (QED) is 0.824. The largest absolute Gasteiger partial charge is 0.465 e. The second-order valence-electron chi connectivity index (χ2n) is 4.09. The van der Waals surface area contributed by atoms with E-state index in [4.69, 9.17) is 5.11 Å². The summed E-state index contributed by atoms with van der Waals surface area (Å²) in [6.45, 7) is 0. The number of benzene rings is 2. The lowest BCUT2D eigenvalue weighted by Gasteiger charge is -2.29. The van der Waals surface area contributed by atoms with E-state index >= 15 is 0 Å². The number of nitrogens with one attached hydrogen (secondary N) is 1. The number of hydrogen-bond donors (Lipinski definition) is 2. The van der Waals surface area contributed by atoms with E-state index in [1.54, 1.807) is 48.5 Å². The smallest absolute Gasteiger partial charge is 0.405 e. The second-order valence-corrected chi connectivity index (χ2v) is 4.09. The summed E-state index contributed by atoms with van der Waals surface area (Å²) in [5, 5.41) is 11.4. The highest BCUT2D eigenvalue weighted by molar-refractivity contribution is 5.81. The average Bonchev–Trinajstić information content (AvgIpc) is 2.46. The summed E-state index contributed by atoms with van der Waals surface area (Å²) in [5.41, 5.74) is -0.217. The highest BCUT2D eigenvalue weighted by atomic mass is 16.4. The Hall–Kier alpha value is -2.62. The van der Waals surface area contributed by atoms with Gasteiger partial charge in [0.25, 0.3) is 0 Å². The third kappa shape index (κ3) is 2.47. The Bertz CT molecular complexity index is 527. The van der Waals surface area contributed by atoms with E-state index in [9.17, 15) is 9.59 Å². The predicted octanol–water partition coefficient (Wildman–Crippen LogP) is 2.40. The number of carbonyl (C=O) groups is 2. The third-order valence-corrected chi connectivity index (χ3v) is 2.94. The molecule has 0 unspecified atom stereocenters. The number of carboxylic acid groups (broad SMARTS) is 1. The molecule has 0 fully saturated rings. The van der Waals surface area contributed by atoms with Crippen molar-refractivity contribution in [2.75, 3.05) is 0 Å². The van der Waals surface area contributed by atoms with E-state index < -0.39 is 11.6 Å².